The molecule has 1 unspecified atom stereocenters. The van der Waals surface area contributed by atoms with Gasteiger partial charge < -0.3 is 18.9 Å². The van der Waals surface area contributed by atoms with Gasteiger partial charge in [-0.25, -0.2) is 18.1 Å². The van der Waals surface area contributed by atoms with E-state index < -0.39 is 63.8 Å². The summed E-state index contributed by atoms with van der Waals surface area (Å²) in [5.74, 6) is 0.142. The number of aromatic nitrogens is 10. The molecule has 8 rings (SSSR count). The predicted octanol–water partition coefficient (Wildman–Crippen LogP) is 10.5. The number of alkyl halides is 6. The van der Waals surface area contributed by atoms with E-state index in [1.807, 2.05) is 19.1 Å². The number of hydrogen-bond donors (Lipinski definition) is 0. The summed E-state index contributed by atoms with van der Waals surface area (Å²) in [5, 5.41) is 23.3. The van der Waals surface area contributed by atoms with Crippen LogP contribution in [-0.4, -0.2) is 78.4 Å². The first kappa shape index (κ1) is 57.2. The van der Waals surface area contributed by atoms with Crippen LogP contribution < -0.4 is 9.47 Å². The highest BCUT2D eigenvalue weighted by Gasteiger charge is 2.39. The Labute approximate surface area is 437 Å². The first-order valence-corrected chi connectivity index (χ1v) is 25.4. The standard InChI is InChI=1S/C26H27F4N5O5S.C25H25F4N5O2/c1-5-34-14-21(31-33-34)25(40-41(4,36)37)23-13-24(26(28,29)30)32-35(23)22-11-8-18(27)12-20(22)16(2)39-15-17-6-9-19(38-3)10-7-17;1-4-33-14-19(30-32-33)12-20-13-24(25(27,28)29)31-34(20)23-10-7-18(26)11-22(23)16(2)36-15-17-5-8-21(35-3)9-6-17/h6-14,16,25H,5,15H2,1-4H3;5-11,13-14,16H,4,12,15H2,1-3H3/t16-,25?;16-/m11/s1. The molecule has 410 valence electrons. The fourth-order valence-electron chi connectivity index (χ4n) is 7.73. The lowest BCUT2D eigenvalue weighted by molar-refractivity contribution is -0.142. The molecule has 0 N–H and O–H groups in total. The molecule has 3 atom stereocenters. The molecule has 0 spiro atoms. The summed E-state index contributed by atoms with van der Waals surface area (Å²) in [6.07, 6.45) is -8.85. The van der Waals surface area contributed by atoms with E-state index in [-0.39, 0.29) is 53.7 Å². The van der Waals surface area contributed by atoms with Gasteiger partial charge in [0.25, 0.3) is 10.1 Å². The molecule has 0 aliphatic rings. The Morgan fingerprint density at radius 3 is 1.53 bits per heavy atom. The zero-order valence-electron chi connectivity index (χ0n) is 42.4. The molecule has 0 fully saturated rings. The van der Waals surface area contributed by atoms with Crippen molar-refractivity contribution in [3.05, 3.63) is 178 Å². The molecule has 0 saturated carbocycles. The van der Waals surface area contributed by atoms with E-state index in [1.165, 1.54) is 46.9 Å². The highest BCUT2D eigenvalue weighted by Crippen LogP contribution is 2.38. The average molecular weight is 1100 g/mol. The molecule has 0 radical (unpaired) electrons. The van der Waals surface area contributed by atoms with Crippen LogP contribution in [0.4, 0.5) is 35.1 Å². The SMILES string of the molecule is CCn1cc(C(OS(C)(=O)=O)c2cc(C(F)(F)F)nn2-c2ccc(F)cc2[C@@H](C)OCc2ccc(OC)cc2)nn1.CCn1cc(Cc2cc(C(F)(F)F)nn2-c2ccc(F)cc2[C@@H](C)OCc2ccc(OC)cc2)nn1. The number of benzene rings is 4. The van der Waals surface area contributed by atoms with Gasteiger partial charge in [0, 0.05) is 36.8 Å². The molecule has 77 heavy (non-hydrogen) atoms. The van der Waals surface area contributed by atoms with Gasteiger partial charge in [-0.15, -0.1) is 10.2 Å². The van der Waals surface area contributed by atoms with E-state index >= 15 is 0 Å². The molecule has 8 aromatic rings. The summed E-state index contributed by atoms with van der Waals surface area (Å²) in [7, 11) is -1.11. The number of halogens is 8. The van der Waals surface area contributed by atoms with Gasteiger partial charge in [0.05, 0.1) is 80.6 Å². The Kier molecular flexibility index (Phi) is 18.0. The summed E-state index contributed by atoms with van der Waals surface area (Å²) in [5.41, 5.74) is 0.415. The first-order chi connectivity index (χ1) is 36.5. The Morgan fingerprint density at radius 1 is 0.610 bits per heavy atom. The van der Waals surface area contributed by atoms with Crippen molar-refractivity contribution in [3.8, 4) is 22.9 Å². The van der Waals surface area contributed by atoms with E-state index in [2.05, 4.69) is 30.8 Å². The lowest BCUT2D eigenvalue weighted by atomic mass is 10.1. The third kappa shape index (κ3) is 14.7. The minimum atomic E-state index is -4.90. The van der Waals surface area contributed by atoms with Crippen molar-refractivity contribution >= 4 is 10.1 Å². The van der Waals surface area contributed by atoms with Crippen LogP contribution in [0.2, 0.25) is 0 Å². The summed E-state index contributed by atoms with van der Waals surface area (Å²) in [6.45, 7) is 8.18. The highest BCUT2D eigenvalue weighted by atomic mass is 32.2. The normalized spacial score (nSPS) is 13.2. The summed E-state index contributed by atoms with van der Waals surface area (Å²) < 4.78 is 168. The van der Waals surface area contributed by atoms with Crippen molar-refractivity contribution in [1.82, 2.24) is 49.5 Å². The van der Waals surface area contributed by atoms with E-state index in [0.717, 1.165) is 40.3 Å². The van der Waals surface area contributed by atoms with Crippen molar-refractivity contribution < 1.29 is 66.7 Å². The minimum absolute atomic E-state index is 0.0177. The monoisotopic (exact) mass is 1100 g/mol. The van der Waals surface area contributed by atoms with E-state index in [0.29, 0.717) is 41.9 Å². The quantitative estimate of drug-likeness (QED) is 0.0521. The van der Waals surface area contributed by atoms with Crippen LogP contribution >= 0.6 is 0 Å². The van der Waals surface area contributed by atoms with Gasteiger partial charge in [-0.3, -0.25) is 13.5 Å². The number of methoxy groups -OCH3 is 2. The zero-order valence-corrected chi connectivity index (χ0v) is 43.2. The van der Waals surface area contributed by atoms with Gasteiger partial charge in [0.15, 0.2) is 17.5 Å². The van der Waals surface area contributed by atoms with Crippen molar-refractivity contribution in [2.75, 3.05) is 20.5 Å². The Morgan fingerprint density at radius 2 is 1.08 bits per heavy atom. The molecule has 26 heteroatoms. The summed E-state index contributed by atoms with van der Waals surface area (Å²) in [6, 6.07) is 23.1. The van der Waals surface area contributed by atoms with Gasteiger partial charge >= 0.3 is 12.4 Å². The third-order valence-corrected chi connectivity index (χ3v) is 12.2. The maximum atomic E-state index is 14.4. The van der Waals surface area contributed by atoms with Crippen molar-refractivity contribution in [3.63, 3.8) is 0 Å². The molecular formula is C51H52F8N10O7S. The predicted molar refractivity (Wildman–Crippen MR) is 261 cm³/mol. The average Bonchev–Trinajstić information content (AvgIpc) is 4.24. The van der Waals surface area contributed by atoms with E-state index in [4.69, 9.17) is 23.1 Å². The first-order valence-electron chi connectivity index (χ1n) is 23.6. The van der Waals surface area contributed by atoms with Gasteiger partial charge in [0.1, 0.15) is 28.8 Å². The molecule has 0 aliphatic carbocycles. The Bertz CT molecular complexity index is 3360. The summed E-state index contributed by atoms with van der Waals surface area (Å²) in [4.78, 5) is 0. The van der Waals surface area contributed by atoms with Crippen molar-refractivity contribution in [2.45, 2.75) is 91.1 Å². The molecule has 4 aromatic carbocycles. The second-order valence-electron chi connectivity index (χ2n) is 17.2. The lowest BCUT2D eigenvalue weighted by Gasteiger charge is -2.21. The largest absolute Gasteiger partial charge is 0.497 e. The number of hydrogen-bond acceptors (Lipinski definition) is 13. The zero-order chi connectivity index (χ0) is 55.8. The molecule has 4 aromatic heterocycles. The maximum Gasteiger partial charge on any atom is 0.435 e. The molecule has 4 heterocycles. The molecule has 0 amide bonds. The Balaban J connectivity index is 0.000000225. The van der Waals surface area contributed by atoms with Crippen LogP contribution in [0.1, 0.15) is 102 Å². The van der Waals surface area contributed by atoms with E-state index in [9.17, 15) is 43.5 Å². The lowest BCUT2D eigenvalue weighted by Crippen LogP contribution is -2.18. The number of ether oxygens (including phenoxy) is 4. The van der Waals surface area contributed by atoms with Crippen LogP contribution in [0.5, 0.6) is 11.5 Å². The van der Waals surface area contributed by atoms with Crippen LogP contribution in [0, 0.1) is 11.6 Å². The minimum Gasteiger partial charge on any atom is -0.497 e. The Hall–Kier alpha value is -7.55. The third-order valence-electron chi connectivity index (χ3n) is 11.7. The molecule has 17 nitrogen and oxygen atoms in total. The number of rotatable bonds is 20. The van der Waals surface area contributed by atoms with Gasteiger partial charge in [-0.2, -0.15) is 45.0 Å². The smallest absolute Gasteiger partial charge is 0.435 e. The van der Waals surface area contributed by atoms with Crippen LogP contribution in [0.15, 0.2) is 109 Å². The second kappa shape index (κ2) is 24.2. The number of aryl methyl sites for hydroxylation is 2. The topological polar surface area (TPSA) is 177 Å². The number of nitrogens with zero attached hydrogens (tertiary/aromatic N) is 10. The second-order valence-corrected chi connectivity index (χ2v) is 18.8. The van der Waals surface area contributed by atoms with Crippen LogP contribution in [0.25, 0.3) is 11.4 Å². The fraction of sp³-hybridized carbons (Fsp3) is 0.333. The molecule has 0 saturated heterocycles. The summed E-state index contributed by atoms with van der Waals surface area (Å²) >= 11 is 0. The van der Waals surface area contributed by atoms with E-state index in [1.54, 1.807) is 75.2 Å². The molecule has 0 aliphatic heterocycles. The van der Waals surface area contributed by atoms with Gasteiger partial charge in [-0.05, 0) is 112 Å². The van der Waals surface area contributed by atoms with Crippen molar-refractivity contribution in [1.29, 1.82) is 0 Å². The van der Waals surface area contributed by atoms with Crippen molar-refractivity contribution in [2.24, 2.45) is 0 Å². The maximum absolute atomic E-state index is 14.4. The molecule has 0 bridgehead atoms. The fourth-order valence-corrected chi connectivity index (χ4v) is 8.28. The van der Waals surface area contributed by atoms with Crippen LogP contribution in [0.3, 0.4) is 0 Å². The van der Waals surface area contributed by atoms with Gasteiger partial charge in [0.2, 0.25) is 0 Å². The van der Waals surface area contributed by atoms with Crippen LogP contribution in [-0.2, 0) is 68.9 Å². The molecular weight excluding hydrogens is 1050 g/mol. The highest BCUT2D eigenvalue weighted by molar-refractivity contribution is 7.86. The van der Waals surface area contributed by atoms with Gasteiger partial charge in [-0.1, -0.05) is 34.7 Å².